The molecule has 0 spiro atoms. The fourth-order valence-corrected chi connectivity index (χ4v) is 2.34. The predicted molar refractivity (Wildman–Crippen MR) is 75.3 cm³/mol. The SMILES string of the molecule is CN=C(NCCc1ccco1)N(C)CC1CCOC1. The topological polar surface area (TPSA) is 50.0 Å². The van der Waals surface area contributed by atoms with Crippen LogP contribution in [0.1, 0.15) is 12.2 Å². The number of furan rings is 1. The molecule has 0 amide bonds. The fraction of sp³-hybridized carbons (Fsp3) is 0.643. The first-order chi connectivity index (χ1) is 9.29. The predicted octanol–water partition coefficient (Wildman–Crippen LogP) is 1.37. The monoisotopic (exact) mass is 265 g/mol. The van der Waals surface area contributed by atoms with Crippen molar-refractivity contribution in [3.05, 3.63) is 24.2 Å². The first kappa shape index (κ1) is 13.9. The summed E-state index contributed by atoms with van der Waals surface area (Å²) in [7, 11) is 3.89. The summed E-state index contributed by atoms with van der Waals surface area (Å²) in [4.78, 5) is 6.48. The van der Waals surface area contributed by atoms with E-state index in [1.54, 1.807) is 6.26 Å². The van der Waals surface area contributed by atoms with Crippen LogP contribution in [0.5, 0.6) is 0 Å². The van der Waals surface area contributed by atoms with Crippen molar-refractivity contribution in [3.8, 4) is 0 Å². The van der Waals surface area contributed by atoms with Crippen molar-refractivity contribution in [2.45, 2.75) is 12.8 Å². The van der Waals surface area contributed by atoms with Gasteiger partial charge in [0, 0.05) is 46.1 Å². The lowest BCUT2D eigenvalue weighted by Crippen LogP contribution is -2.42. The van der Waals surface area contributed by atoms with Gasteiger partial charge in [-0.1, -0.05) is 0 Å². The number of nitrogens with one attached hydrogen (secondary N) is 1. The van der Waals surface area contributed by atoms with E-state index >= 15 is 0 Å². The summed E-state index contributed by atoms with van der Waals surface area (Å²) in [6.07, 6.45) is 3.72. The average molecular weight is 265 g/mol. The highest BCUT2D eigenvalue weighted by molar-refractivity contribution is 5.79. The fourth-order valence-electron chi connectivity index (χ4n) is 2.34. The molecule has 1 unspecified atom stereocenters. The van der Waals surface area contributed by atoms with E-state index in [9.17, 15) is 0 Å². The Labute approximate surface area is 114 Å². The van der Waals surface area contributed by atoms with E-state index in [1.165, 1.54) is 0 Å². The Morgan fingerprint density at radius 3 is 3.11 bits per heavy atom. The molecule has 1 N–H and O–H groups in total. The van der Waals surface area contributed by atoms with Crippen LogP contribution in [0.3, 0.4) is 0 Å². The molecule has 5 heteroatoms. The van der Waals surface area contributed by atoms with Gasteiger partial charge in [-0.2, -0.15) is 0 Å². The van der Waals surface area contributed by atoms with Crippen molar-refractivity contribution in [2.75, 3.05) is 40.4 Å². The highest BCUT2D eigenvalue weighted by Gasteiger charge is 2.18. The van der Waals surface area contributed by atoms with Gasteiger partial charge in [0.25, 0.3) is 0 Å². The van der Waals surface area contributed by atoms with Crippen LogP contribution in [-0.2, 0) is 11.2 Å². The Bertz CT molecular complexity index is 383. The van der Waals surface area contributed by atoms with E-state index in [0.29, 0.717) is 5.92 Å². The lowest BCUT2D eigenvalue weighted by molar-refractivity contribution is 0.181. The normalized spacial score (nSPS) is 19.7. The molecule has 0 radical (unpaired) electrons. The zero-order valence-corrected chi connectivity index (χ0v) is 11.8. The number of rotatable bonds is 5. The van der Waals surface area contributed by atoms with Crippen LogP contribution in [0.25, 0.3) is 0 Å². The lowest BCUT2D eigenvalue weighted by atomic mass is 10.1. The molecule has 1 saturated heterocycles. The van der Waals surface area contributed by atoms with E-state index < -0.39 is 0 Å². The van der Waals surface area contributed by atoms with Crippen LogP contribution in [0.4, 0.5) is 0 Å². The van der Waals surface area contributed by atoms with Crippen molar-refractivity contribution in [1.82, 2.24) is 10.2 Å². The van der Waals surface area contributed by atoms with Crippen molar-refractivity contribution in [2.24, 2.45) is 10.9 Å². The van der Waals surface area contributed by atoms with Gasteiger partial charge in [-0.3, -0.25) is 4.99 Å². The highest BCUT2D eigenvalue weighted by atomic mass is 16.5. The lowest BCUT2D eigenvalue weighted by Gasteiger charge is -2.24. The van der Waals surface area contributed by atoms with Crippen LogP contribution >= 0.6 is 0 Å². The van der Waals surface area contributed by atoms with Crippen molar-refractivity contribution >= 4 is 5.96 Å². The summed E-state index contributed by atoms with van der Waals surface area (Å²) in [5, 5.41) is 3.36. The summed E-state index contributed by atoms with van der Waals surface area (Å²) in [5.74, 6) is 2.54. The molecule has 5 nitrogen and oxygen atoms in total. The van der Waals surface area contributed by atoms with Crippen LogP contribution in [0, 0.1) is 5.92 Å². The molecule has 0 aromatic carbocycles. The standard InChI is InChI=1S/C14H23N3O2/c1-15-14(16-7-5-13-4-3-8-19-13)17(2)10-12-6-9-18-11-12/h3-4,8,12H,5-7,9-11H2,1-2H3,(H,15,16). The average Bonchev–Trinajstić information content (AvgIpc) is 3.07. The van der Waals surface area contributed by atoms with E-state index in [0.717, 1.165) is 50.9 Å². The molecule has 1 atom stereocenters. The van der Waals surface area contributed by atoms with Crippen molar-refractivity contribution < 1.29 is 9.15 Å². The molecule has 1 aromatic rings. The largest absolute Gasteiger partial charge is 0.469 e. The van der Waals surface area contributed by atoms with Gasteiger partial charge in [-0.25, -0.2) is 0 Å². The first-order valence-corrected chi connectivity index (χ1v) is 6.81. The Morgan fingerprint density at radius 1 is 1.58 bits per heavy atom. The quantitative estimate of drug-likeness (QED) is 0.645. The van der Waals surface area contributed by atoms with Crippen molar-refractivity contribution in [1.29, 1.82) is 0 Å². The van der Waals surface area contributed by atoms with Gasteiger partial charge in [0.1, 0.15) is 5.76 Å². The van der Waals surface area contributed by atoms with E-state index in [-0.39, 0.29) is 0 Å². The van der Waals surface area contributed by atoms with Gasteiger partial charge >= 0.3 is 0 Å². The molecule has 0 aliphatic carbocycles. The molecule has 0 saturated carbocycles. The minimum Gasteiger partial charge on any atom is -0.469 e. The smallest absolute Gasteiger partial charge is 0.193 e. The Morgan fingerprint density at radius 2 is 2.47 bits per heavy atom. The number of aliphatic imine (C=N–C) groups is 1. The number of hydrogen-bond donors (Lipinski definition) is 1. The molecule has 19 heavy (non-hydrogen) atoms. The van der Waals surface area contributed by atoms with Crippen LogP contribution in [0.15, 0.2) is 27.8 Å². The molecule has 106 valence electrons. The third-order valence-electron chi connectivity index (χ3n) is 3.36. The highest BCUT2D eigenvalue weighted by Crippen LogP contribution is 2.13. The molecule has 1 fully saturated rings. The van der Waals surface area contributed by atoms with Crippen LogP contribution < -0.4 is 5.32 Å². The van der Waals surface area contributed by atoms with E-state index in [1.807, 2.05) is 19.2 Å². The van der Waals surface area contributed by atoms with Gasteiger partial charge in [0.15, 0.2) is 5.96 Å². The van der Waals surface area contributed by atoms with Crippen molar-refractivity contribution in [3.63, 3.8) is 0 Å². The van der Waals surface area contributed by atoms with Gasteiger partial charge in [-0.05, 0) is 18.6 Å². The van der Waals surface area contributed by atoms with Crippen LogP contribution in [0.2, 0.25) is 0 Å². The van der Waals surface area contributed by atoms with E-state index in [2.05, 4.69) is 22.3 Å². The molecule has 1 aliphatic heterocycles. The minimum atomic E-state index is 0.619. The second-order valence-electron chi connectivity index (χ2n) is 4.91. The first-order valence-electron chi connectivity index (χ1n) is 6.81. The molecule has 2 rings (SSSR count). The molecular weight excluding hydrogens is 242 g/mol. The second kappa shape index (κ2) is 7.19. The number of nitrogens with zero attached hydrogens (tertiary/aromatic N) is 2. The molecular formula is C14H23N3O2. The maximum absolute atomic E-state index is 5.40. The summed E-state index contributed by atoms with van der Waals surface area (Å²) in [6, 6.07) is 3.90. The summed E-state index contributed by atoms with van der Waals surface area (Å²) < 4.78 is 10.7. The Hall–Kier alpha value is -1.49. The van der Waals surface area contributed by atoms with Gasteiger partial charge in [0.2, 0.25) is 0 Å². The number of ether oxygens (including phenoxy) is 1. The van der Waals surface area contributed by atoms with Crippen LogP contribution in [-0.4, -0.2) is 51.3 Å². The molecule has 2 heterocycles. The maximum Gasteiger partial charge on any atom is 0.193 e. The Balaban J connectivity index is 1.72. The van der Waals surface area contributed by atoms with E-state index in [4.69, 9.17) is 9.15 Å². The summed E-state index contributed by atoms with van der Waals surface area (Å²) in [6.45, 7) is 3.57. The van der Waals surface area contributed by atoms with Gasteiger partial charge in [0.05, 0.1) is 12.9 Å². The third kappa shape index (κ3) is 4.28. The summed E-state index contributed by atoms with van der Waals surface area (Å²) in [5.41, 5.74) is 0. The maximum atomic E-state index is 5.40. The third-order valence-corrected chi connectivity index (χ3v) is 3.36. The number of hydrogen-bond acceptors (Lipinski definition) is 3. The molecule has 0 bridgehead atoms. The zero-order chi connectivity index (χ0) is 13.5. The Kier molecular flexibility index (Phi) is 5.27. The number of guanidine groups is 1. The molecule has 1 aliphatic rings. The minimum absolute atomic E-state index is 0.619. The second-order valence-corrected chi connectivity index (χ2v) is 4.91. The zero-order valence-electron chi connectivity index (χ0n) is 11.8. The van der Waals surface area contributed by atoms with Gasteiger partial charge in [-0.15, -0.1) is 0 Å². The molecule has 1 aromatic heterocycles. The van der Waals surface area contributed by atoms with Gasteiger partial charge < -0.3 is 19.4 Å². The summed E-state index contributed by atoms with van der Waals surface area (Å²) >= 11 is 0.